The molecule has 0 bridgehead atoms. The summed E-state index contributed by atoms with van der Waals surface area (Å²) < 4.78 is 1.32. The van der Waals surface area contributed by atoms with Crippen LogP contribution in [0.15, 0.2) is 29.1 Å². The molecule has 1 heterocycles. The molecule has 1 amide bonds. The third-order valence-electron chi connectivity index (χ3n) is 5.29. The number of nitrogens with zero attached hydrogens (tertiary/aromatic N) is 2. The maximum Gasteiger partial charge on any atom is 0.274 e. The smallest absolute Gasteiger partial charge is 0.274 e. The van der Waals surface area contributed by atoms with Gasteiger partial charge < -0.3 is 5.32 Å². The van der Waals surface area contributed by atoms with Gasteiger partial charge in [0.15, 0.2) is 0 Å². The first-order valence-electron chi connectivity index (χ1n) is 9.34. The molecule has 1 N–H and O–H groups in total. The summed E-state index contributed by atoms with van der Waals surface area (Å²) in [7, 11) is 1.63. The second-order valence-corrected chi connectivity index (χ2v) is 7.11. The molecule has 0 saturated heterocycles. The largest absolute Gasteiger partial charge is 0.353 e. The van der Waals surface area contributed by atoms with Gasteiger partial charge in [0, 0.05) is 18.5 Å². The minimum atomic E-state index is -0.129. The Kier molecular flexibility index (Phi) is 5.51. The third-order valence-corrected chi connectivity index (χ3v) is 5.29. The van der Waals surface area contributed by atoms with Crippen molar-refractivity contribution in [2.75, 3.05) is 0 Å². The van der Waals surface area contributed by atoms with Gasteiger partial charge in [-0.3, -0.25) is 9.59 Å². The first kappa shape index (κ1) is 17.6. The topological polar surface area (TPSA) is 64.0 Å². The lowest BCUT2D eigenvalue weighted by Gasteiger charge is -2.21. The molecule has 3 rings (SSSR count). The Morgan fingerprint density at radius 3 is 2.80 bits per heavy atom. The fourth-order valence-electron chi connectivity index (χ4n) is 3.96. The minimum absolute atomic E-state index is 0.00435. The predicted octanol–water partition coefficient (Wildman–Crippen LogP) is 2.95. The Hall–Kier alpha value is -2.17. The number of aryl methyl sites for hydroxylation is 1. The maximum absolute atomic E-state index is 12.6. The number of amides is 1. The van der Waals surface area contributed by atoms with E-state index >= 15 is 0 Å². The highest BCUT2D eigenvalue weighted by atomic mass is 16.2. The molecular formula is C20H27N3O2. The van der Waals surface area contributed by atoms with E-state index in [1.165, 1.54) is 36.8 Å². The van der Waals surface area contributed by atoms with Gasteiger partial charge in [0.05, 0.1) is 17.5 Å². The third kappa shape index (κ3) is 3.91. The number of hydrogen-bond donors (Lipinski definition) is 1. The van der Waals surface area contributed by atoms with Gasteiger partial charge in [-0.1, -0.05) is 44.4 Å². The zero-order valence-electron chi connectivity index (χ0n) is 15.1. The lowest BCUT2D eigenvalue weighted by Crippen LogP contribution is -2.38. The Morgan fingerprint density at radius 1 is 1.28 bits per heavy atom. The quantitative estimate of drug-likeness (QED) is 0.878. The van der Waals surface area contributed by atoms with Gasteiger partial charge in [0.1, 0.15) is 0 Å². The molecule has 1 fully saturated rings. The van der Waals surface area contributed by atoms with Crippen molar-refractivity contribution in [3.8, 4) is 0 Å². The van der Waals surface area contributed by atoms with Crippen molar-refractivity contribution in [1.82, 2.24) is 15.1 Å². The molecule has 5 nitrogen and oxygen atoms in total. The second kappa shape index (κ2) is 7.81. The van der Waals surface area contributed by atoms with E-state index in [9.17, 15) is 9.59 Å². The van der Waals surface area contributed by atoms with Crippen LogP contribution in [0.4, 0.5) is 0 Å². The highest BCUT2D eigenvalue weighted by Crippen LogP contribution is 2.30. The van der Waals surface area contributed by atoms with Gasteiger partial charge in [0.25, 0.3) is 5.56 Å². The van der Waals surface area contributed by atoms with Crippen LogP contribution < -0.4 is 10.9 Å². The van der Waals surface area contributed by atoms with Crippen molar-refractivity contribution in [2.24, 2.45) is 13.0 Å². The summed E-state index contributed by atoms with van der Waals surface area (Å²) in [5, 5.41) is 8.93. The van der Waals surface area contributed by atoms with E-state index in [0.717, 1.165) is 11.8 Å². The molecule has 5 heteroatoms. The first-order valence-corrected chi connectivity index (χ1v) is 9.34. The standard InChI is InChI=1S/C20H27N3O2/c1-3-4-8-14-9-7-12-17(14)21-19(24)13-18-15-10-5-6-11-16(15)20(25)23(2)22-18/h5-6,10-11,14,17H,3-4,7-9,12-13H2,1-2H3,(H,21,24)/t14-,17+/m0/s1. The molecule has 1 aromatic heterocycles. The van der Waals surface area contributed by atoms with Crippen LogP contribution in [-0.2, 0) is 18.3 Å². The van der Waals surface area contributed by atoms with Crippen molar-refractivity contribution in [3.63, 3.8) is 0 Å². The second-order valence-electron chi connectivity index (χ2n) is 7.11. The number of carbonyl (C=O) groups excluding carboxylic acids is 1. The lowest BCUT2D eigenvalue weighted by atomic mass is 9.96. The monoisotopic (exact) mass is 341 g/mol. The SMILES string of the molecule is CCCC[C@H]1CCC[C@H]1NC(=O)Cc1nn(C)c(=O)c2ccccc12. The first-order chi connectivity index (χ1) is 12.1. The summed E-state index contributed by atoms with van der Waals surface area (Å²) in [5.74, 6) is 0.610. The van der Waals surface area contributed by atoms with E-state index in [0.29, 0.717) is 17.0 Å². The average molecular weight is 341 g/mol. The summed E-state index contributed by atoms with van der Waals surface area (Å²) in [4.78, 5) is 24.8. The molecule has 1 aliphatic rings. The van der Waals surface area contributed by atoms with Crippen molar-refractivity contribution >= 4 is 16.7 Å². The van der Waals surface area contributed by atoms with Gasteiger partial charge >= 0.3 is 0 Å². The van der Waals surface area contributed by atoms with Crippen LogP contribution in [0.3, 0.4) is 0 Å². The van der Waals surface area contributed by atoms with Crippen LogP contribution in [0.25, 0.3) is 10.8 Å². The molecule has 0 spiro atoms. The fourth-order valence-corrected chi connectivity index (χ4v) is 3.96. The number of benzene rings is 1. The summed E-state index contributed by atoms with van der Waals surface area (Å²) in [5.41, 5.74) is 0.536. The van der Waals surface area contributed by atoms with Crippen molar-refractivity contribution in [3.05, 3.63) is 40.3 Å². The lowest BCUT2D eigenvalue weighted by molar-refractivity contribution is -0.121. The highest BCUT2D eigenvalue weighted by Gasteiger charge is 2.28. The van der Waals surface area contributed by atoms with E-state index in [4.69, 9.17) is 0 Å². The van der Waals surface area contributed by atoms with E-state index < -0.39 is 0 Å². The van der Waals surface area contributed by atoms with E-state index in [1.54, 1.807) is 13.1 Å². The number of nitrogens with one attached hydrogen (secondary N) is 1. The molecule has 2 atom stereocenters. The normalized spacial score (nSPS) is 20.1. The van der Waals surface area contributed by atoms with Gasteiger partial charge in [0.2, 0.25) is 5.91 Å². The Labute approximate surface area is 148 Å². The van der Waals surface area contributed by atoms with Crippen LogP contribution in [0.2, 0.25) is 0 Å². The molecule has 0 radical (unpaired) electrons. The van der Waals surface area contributed by atoms with Crippen LogP contribution >= 0.6 is 0 Å². The van der Waals surface area contributed by atoms with Crippen LogP contribution in [0.1, 0.15) is 51.1 Å². The summed E-state index contributed by atoms with van der Waals surface area (Å²) in [6.07, 6.45) is 7.32. The number of hydrogen-bond acceptors (Lipinski definition) is 3. The maximum atomic E-state index is 12.6. The number of rotatable bonds is 6. The van der Waals surface area contributed by atoms with Gasteiger partial charge in [-0.2, -0.15) is 5.10 Å². The molecule has 1 aliphatic carbocycles. The van der Waals surface area contributed by atoms with E-state index in [-0.39, 0.29) is 23.9 Å². The average Bonchev–Trinajstić information content (AvgIpc) is 3.04. The number of aromatic nitrogens is 2. The molecule has 25 heavy (non-hydrogen) atoms. The fraction of sp³-hybridized carbons (Fsp3) is 0.550. The van der Waals surface area contributed by atoms with Crippen LogP contribution in [0.5, 0.6) is 0 Å². The molecular weight excluding hydrogens is 314 g/mol. The number of fused-ring (bicyclic) bond motifs is 1. The molecule has 1 aromatic carbocycles. The zero-order valence-corrected chi connectivity index (χ0v) is 15.1. The van der Waals surface area contributed by atoms with Gasteiger partial charge in [-0.25, -0.2) is 4.68 Å². The van der Waals surface area contributed by atoms with Crippen molar-refractivity contribution in [1.29, 1.82) is 0 Å². The number of carbonyl (C=O) groups is 1. The molecule has 134 valence electrons. The zero-order chi connectivity index (χ0) is 17.8. The molecule has 2 aromatic rings. The Balaban J connectivity index is 1.74. The summed E-state index contributed by atoms with van der Waals surface area (Å²) in [6, 6.07) is 7.66. The van der Waals surface area contributed by atoms with Gasteiger partial charge in [-0.05, 0) is 31.2 Å². The Bertz CT molecular complexity index is 812. The number of unbranched alkanes of at least 4 members (excludes halogenated alkanes) is 1. The Morgan fingerprint density at radius 2 is 2.04 bits per heavy atom. The van der Waals surface area contributed by atoms with Gasteiger partial charge in [-0.15, -0.1) is 0 Å². The minimum Gasteiger partial charge on any atom is -0.353 e. The van der Waals surface area contributed by atoms with Crippen molar-refractivity contribution in [2.45, 2.75) is 57.9 Å². The summed E-state index contributed by atoms with van der Waals surface area (Å²) in [6.45, 7) is 2.21. The molecule has 0 unspecified atom stereocenters. The molecule has 1 saturated carbocycles. The summed E-state index contributed by atoms with van der Waals surface area (Å²) >= 11 is 0. The van der Waals surface area contributed by atoms with E-state index in [2.05, 4.69) is 17.3 Å². The van der Waals surface area contributed by atoms with E-state index in [1.807, 2.05) is 18.2 Å². The van der Waals surface area contributed by atoms with Crippen LogP contribution in [-0.4, -0.2) is 21.7 Å². The molecule has 0 aliphatic heterocycles. The van der Waals surface area contributed by atoms with Crippen molar-refractivity contribution < 1.29 is 4.79 Å². The highest BCUT2D eigenvalue weighted by molar-refractivity contribution is 5.88. The van der Waals surface area contributed by atoms with Crippen LogP contribution in [0, 0.1) is 5.92 Å². The predicted molar refractivity (Wildman–Crippen MR) is 99.5 cm³/mol.